The first kappa shape index (κ1) is 18.7. The van der Waals surface area contributed by atoms with Crippen molar-refractivity contribution in [2.75, 3.05) is 26.3 Å². The van der Waals surface area contributed by atoms with Gasteiger partial charge in [0.2, 0.25) is 5.91 Å². The van der Waals surface area contributed by atoms with Crippen LogP contribution < -0.4 is 4.74 Å². The molecule has 154 valence electrons. The van der Waals surface area contributed by atoms with Gasteiger partial charge in [-0.15, -0.1) is 0 Å². The van der Waals surface area contributed by atoms with Crippen molar-refractivity contribution in [3.8, 4) is 5.75 Å². The molecular formula is C23H29N3O3. The molecule has 6 heteroatoms. The number of nitrogens with zero attached hydrogens (tertiary/aromatic N) is 3. The van der Waals surface area contributed by atoms with Crippen LogP contribution in [-0.2, 0) is 22.0 Å². The summed E-state index contributed by atoms with van der Waals surface area (Å²) in [5.41, 5.74) is 3.55. The minimum atomic E-state index is -0.0920. The van der Waals surface area contributed by atoms with Crippen molar-refractivity contribution in [1.29, 1.82) is 0 Å². The van der Waals surface area contributed by atoms with Gasteiger partial charge in [0.15, 0.2) is 0 Å². The summed E-state index contributed by atoms with van der Waals surface area (Å²) >= 11 is 0. The van der Waals surface area contributed by atoms with Crippen LogP contribution in [0, 0.1) is 5.92 Å². The maximum Gasteiger partial charge on any atom is 0.226 e. The lowest BCUT2D eigenvalue weighted by Crippen LogP contribution is -2.44. The summed E-state index contributed by atoms with van der Waals surface area (Å²) in [6.07, 6.45) is 5.57. The van der Waals surface area contributed by atoms with Gasteiger partial charge in [-0.25, -0.2) is 0 Å². The molecule has 1 saturated heterocycles. The zero-order valence-corrected chi connectivity index (χ0v) is 17.4. The van der Waals surface area contributed by atoms with E-state index in [0.29, 0.717) is 32.2 Å². The molecule has 2 aliphatic heterocycles. The Morgan fingerprint density at radius 1 is 1.31 bits per heavy atom. The minimum Gasteiger partial charge on any atom is -0.493 e. The third-order valence-corrected chi connectivity index (χ3v) is 6.86. The van der Waals surface area contributed by atoms with Gasteiger partial charge in [-0.3, -0.25) is 9.48 Å². The predicted molar refractivity (Wildman–Crippen MR) is 109 cm³/mol. The fourth-order valence-corrected chi connectivity index (χ4v) is 4.98. The van der Waals surface area contributed by atoms with Gasteiger partial charge >= 0.3 is 0 Å². The Morgan fingerprint density at radius 3 is 2.93 bits per heavy atom. The molecule has 6 nitrogen and oxygen atoms in total. The topological polar surface area (TPSA) is 56.6 Å². The third kappa shape index (κ3) is 3.14. The van der Waals surface area contributed by atoms with Crippen LogP contribution in [0.25, 0.3) is 0 Å². The van der Waals surface area contributed by atoms with Crippen LogP contribution in [0.5, 0.6) is 5.75 Å². The van der Waals surface area contributed by atoms with E-state index in [4.69, 9.17) is 9.47 Å². The van der Waals surface area contributed by atoms with Crippen molar-refractivity contribution >= 4 is 5.91 Å². The Balaban J connectivity index is 1.36. The molecule has 1 spiro atoms. The molecule has 0 radical (unpaired) electrons. The summed E-state index contributed by atoms with van der Waals surface area (Å²) in [5.74, 6) is 1.75. The van der Waals surface area contributed by atoms with E-state index in [1.807, 2.05) is 24.3 Å². The van der Waals surface area contributed by atoms with E-state index >= 15 is 0 Å². The van der Waals surface area contributed by atoms with Gasteiger partial charge in [0.1, 0.15) is 11.9 Å². The van der Waals surface area contributed by atoms with Crippen LogP contribution in [0.3, 0.4) is 0 Å². The number of rotatable bonds is 3. The molecule has 3 aliphatic rings. The van der Waals surface area contributed by atoms with Crippen molar-refractivity contribution in [3.05, 3.63) is 47.3 Å². The summed E-state index contributed by atoms with van der Waals surface area (Å²) in [7, 11) is 1.90. The molecule has 1 aromatic heterocycles. The second-order valence-electron chi connectivity index (χ2n) is 9.01. The fraction of sp³-hybridized carbons (Fsp3) is 0.565. The van der Waals surface area contributed by atoms with E-state index in [1.165, 1.54) is 11.1 Å². The molecule has 2 fully saturated rings. The smallest absolute Gasteiger partial charge is 0.226 e. The fourth-order valence-electron chi connectivity index (χ4n) is 4.98. The highest BCUT2D eigenvalue weighted by molar-refractivity contribution is 5.85. The number of carbonyl (C=O) groups is 1. The highest BCUT2D eigenvalue weighted by Gasteiger charge is 2.62. The number of hydrogen-bond donors (Lipinski definition) is 0. The van der Waals surface area contributed by atoms with E-state index in [-0.39, 0.29) is 23.3 Å². The number of ether oxygens (including phenoxy) is 2. The maximum absolute atomic E-state index is 13.5. The Morgan fingerprint density at radius 2 is 2.17 bits per heavy atom. The number of carbonyl (C=O) groups excluding carboxylic acids is 1. The summed E-state index contributed by atoms with van der Waals surface area (Å²) < 4.78 is 13.6. The number of morpholine rings is 1. The lowest BCUT2D eigenvalue weighted by atomic mass is 9.85. The standard InChI is InChI=1S/C23H29N3O3/c1-15(2)16-4-5-20-18(10-16)23(6-8-28-20)11-19(23)22(27)26-7-9-29-21(14-26)17-12-24-25(3)13-17/h4-5,10,12-13,15,19,21H,6-9,11,14H2,1-3H3/t19-,21+,23-/m0/s1. The maximum atomic E-state index is 13.5. The van der Waals surface area contributed by atoms with Crippen molar-refractivity contribution in [3.63, 3.8) is 0 Å². The second-order valence-corrected chi connectivity index (χ2v) is 9.01. The quantitative estimate of drug-likeness (QED) is 0.801. The second kappa shape index (κ2) is 6.87. The Hall–Kier alpha value is -2.34. The Kier molecular flexibility index (Phi) is 4.42. The average Bonchev–Trinajstić information content (AvgIpc) is 3.27. The number of amides is 1. The van der Waals surface area contributed by atoms with Crippen LogP contribution in [0.4, 0.5) is 0 Å². The first-order chi connectivity index (χ1) is 14.0. The van der Waals surface area contributed by atoms with Gasteiger partial charge in [0.25, 0.3) is 0 Å². The van der Waals surface area contributed by atoms with Gasteiger partial charge in [0.05, 0.1) is 26.0 Å². The highest BCUT2D eigenvalue weighted by atomic mass is 16.5. The summed E-state index contributed by atoms with van der Waals surface area (Å²) in [6.45, 7) is 6.95. The molecule has 1 aromatic carbocycles. The number of hydrogen-bond acceptors (Lipinski definition) is 4. The zero-order chi connectivity index (χ0) is 20.2. The molecule has 3 heterocycles. The molecule has 3 atom stereocenters. The average molecular weight is 396 g/mol. The summed E-state index contributed by atoms with van der Waals surface area (Å²) in [5, 5.41) is 4.24. The number of aryl methyl sites for hydroxylation is 1. The predicted octanol–water partition coefficient (Wildman–Crippen LogP) is 3.18. The molecule has 0 unspecified atom stereocenters. The highest BCUT2D eigenvalue weighted by Crippen LogP contribution is 2.61. The van der Waals surface area contributed by atoms with E-state index in [0.717, 1.165) is 24.2 Å². The summed E-state index contributed by atoms with van der Waals surface area (Å²) in [4.78, 5) is 15.5. The van der Waals surface area contributed by atoms with Crippen molar-refractivity contribution in [2.45, 2.75) is 44.1 Å². The molecular weight excluding hydrogens is 366 g/mol. The molecule has 0 bridgehead atoms. The Bertz CT molecular complexity index is 937. The molecule has 5 rings (SSSR count). The lowest BCUT2D eigenvalue weighted by molar-refractivity contribution is -0.141. The molecule has 1 saturated carbocycles. The van der Waals surface area contributed by atoms with E-state index in [9.17, 15) is 4.79 Å². The monoisotopic (exact) mass is 395 g/mol. The molecule has 1 amide bonds. The van der Waals surface area contributed by atoms with E-state index < -0.39 is 0 Å². The Labute approximate surface area is 171 Å². The third-order valence-electron chi connectivity index (χ3n) is 6.86. The first-order valence-corrected chi connectivity index (χ1v) is 10.6. The first-order valence-electron chi connectivity index (χ1n) is 10.6. The molecule has 0 N–H and O–H groups in total. The van der Waals surface area contributed by atoms with Crippen LogP contribution in [0.1, 0.15) is 55.4 Å². The molecule has 29 heavy (non-hydrogen) atoms. The minimum absolute atomic E-state index is 0.0440. The number of benzene rings is 1. The van der Waals surface area contributed by atoms with Crippen molar-refractivity contribution in [1.82, 2.24) is 14.7 Å². The van der Waals surface area contributed by atoms with Gasteiger partial charge in [-0.2, -0.15) is 5.10 Å². The van der Waals surface area contributed by atoms with Crippen LogP contribution in [0.2, 0.25) is 0 Å². The SMILES string of the molecule is CC(C)c1ccc2c(c1)[C@]1(CCO2)C[C@H]1C(=O)N1CCO[C@@H](c2cnn(C)c2)C1. The summed E-state index contributed by atoms with van der Waals surface area (Å²) in [6, 6.07) is 6.53. The normalized spacial score (nSPS) is 28.3. The number of fused-ring (bicyclic) bond motifs is 2. The van der Waals surface area contributed by atoms with Gasteiger partial charge in [0, 0.05) is 42.2 Å². The van der Waals surface area contributed by atoms with Crippen LogP contribution in [-0.4, -0.2) is 46.9 Å². The van der Waals surface area contributed by atoms with Gasteiger partial charge in [-0.05, 0) is 30.4 Å². The molecule has 1 aliphatic carbocycles. The van der Waals surface area contributed by atoms with E-state index in [1.54, 1.807) is 4.68 Å². The van der Waals surface area contributed by atoms with Gasteiger partial charge in [-0.1, -0.05) is 26.0 Å². The van der Waals surface area contributed by atoms with E-state index in [2.05, 4.69) is 37.1 Å². The van der Waals surface area contributed by atoms with Crippen molar-refractivity contribution < 1.29 is 14.3 Å². The van der Waals surface area contributed by atoms with Gasteiger partial charge < -0.3 is 14.4 Å². The number of aromatic nitrogens is 2. The largest absolute Gasteiger partial charge is 0.493 e. The lowest BCUT2D eigenvalue weighted by Gasteiger charge is -2.34. The zero-order valence-electron chi connectivity index (χ0n) is 17.4. The van der Waals surface area contributed by atoms with Crippen LogP contribution in [0.15, 0.2) is 30.6 Å². The molecule has 2 aromatic rings. The van der Waals surface area contributed by atoms with Crippen molar-refractivity contribution in [2.24, 2.45) is 13.0 Å². The van der Waals surface area contributed by atoms with Crippen LogP contribution >= 0.6 is 0 Å².